The van der Waals surface area contributed by atoms with Crippen molar-refractivity contribution in [1.82, 2.24) is 14.0 Å². The lowest BCUT2D eigenvalue weighted by Gasteiger charge is -2.13. The minimum atomic E-state index is 0.946. The van der Waals surface area contributed by atoms with Crippen LogP contribution >= 0.6 is 0 Å². The molecule has 2 heterocycles. The molecule has 0 spiro atoms. The topological polar surface area (TPSA) is 22.2 Å². The van der Waals surface area contributed by atoms with Crippen LogP contribution in [-0.4, -0.2) is 21.8 Å². The van der Waals surface area contributed by atoms with Crippen molar-refractivity contribution in [2.24, 2.45) is 0 Å². The number of imidazole rings is 2. The third kappa shape index (κ3) is 2.31. The average molecular weight is 385 g/mol. The van der Waals surface area contributed by atoms with Gasteiger partial charge >= 0.3 is 0 Å². The molecule has 6 rings (SSSR count). The summed E-state index contributed by atoms with van der Waals surface area (Å²) >= 11 is 0. The first-order chi connectivity index (χ1) is 14.7. The third-order valence-corrected chi connectivity index (χ3v) is 6.01. The smallest absolute Gasteiger partial charge is 0.220 e. The number of benzene rings is 4. The van der Waals surface area contributed by atoms with Crippen LogP contribution < -0.4 is 5.46 Å². The Labute approximate surface area is 175 Å². The molecule has 0 bridgehead atoms. The van der Waals surface area contributed by atoms with Gasteiger partial charge in [0.05, 0.1) is 27.8 Å². The summed E-state index contributed by atoms with van der Waals surface area (Å²) in [7, 11) is 2.18. The summed E-state index contributed by atoms with van der Waals surface area (Å²) in [6.07, 6.45) is 0. The van der Waals surface area contributed by atoms with E-state index in [0.717, 1.165) is 22.5 Å². The molecule has 4 aromatic carbocycles. The lowest BCUT2D eigenvalue weighted by Crippen LogP contribution is -2.07. The molecule has 0 saturated heterocycles. The van der Waals surface area contributed by atoms with Crippen molar-refractivity contribution in [3.8, 4) is 16.8 Å². The van der Waals surface area contributed by atoms with Crippen LogP contribution in [0, 0.1) is 6.92 Å². The Morgan fingerprint density at radius 1 is 0.700 bits per heavy atom. The quantitative estimate of drug-likeness (QED) is 0.397. The molecule has 4 heteroatoms. The van der Waals surface area contributed by atoms with Gasteiger partial charge in [0.25, 0.3) is 0 Å². The highest BCUT2D eigenvalue weighted by molar-refractivity contribution is 6.36. The molecule has 0 aliphatic heterocycles. The molecule has 142 valence electrons. The summed E-state index contributed by atoms with van der Waals surface area (Å²) in [5.41, 5.74) is 10.6. The van der Waals surface area contributed by atoms with Crippen molar-refractivity contribution in [1.29, 1.82) is 0 Å². The lowest BCUT2D eigenvalue weighted by molar-refractivity contribution is 1.09. The zero-order valence-electron chi connectivity index (χ0n) is 17.0. The average Bonchev–Trinajstić information content (AvgIpc) is 3.29. The van der Waals surface area contributed by atoms with Gasteiger partial charge in [0.1, 0.15) is 7.85 Å². The van der Waals surface area contributed by atoms with Crippen LogP contribution in [0.25, 0.3) is 44.7 Å². The summed E-state index contributed by atoms with van der Waals surface area (Å²) < 4.78 is 4.62. The van der Waals surface area contributed by atoms with Gasteiger partial charge in [-0.3, -0.25) is 8.97 Å². The highest BCUT2D eigenvalue weighted by atomic mass is 15.2. The van der Waals surface area contributed by atoms with Gasteiger partial charge in [0, 0.05) is 5.56 Å². The monoisotopic (exact) mass is 385 g/mol. The zero-order valence-corrected chi connectivity index (χ0v) is 17.0. The maximum absolute atomic E-state index is 5.05. The summed E-state index contributed by atoms with van der Waals surface area (Å²) in [6, 6.07) is 32.1. The largest absolute Gasteiger partial charge is 0.277 e. The molecule has 0 amide bonds. The minimum Gasteiger partial charge on any atom is -0.277 e. The normalized spacial score (nSPS) is 11.6. The van der Waals surface area contributed by atoms with Crippen LogP contribution in [0.1, 0.15) is 5.56 Å². The second-order valence-electron chi connectivity index (χ2n) is 7.85. The first-order valence-electron chi connectivity index (χ1n) is 10.3. The Bertz CT molecular complexity index is 1570. The van der Waals surface area contributed by atoms with Gasteiger partial charge in [-0.1, -0.05) is 72.2 Å². The van der Waals surface area contributed by atoms with Crippen LogP contribution in [0.2, 0.25) is 0 Å². The van der Waals surface area contributed by atoms with E-state index in [-0.39, 0.29) is 0 Å². The maximum atomic E-state index is 5.05. The molecule has 0 saturated carbocycles. The molecule has 3 nitrogen and oxygen atoms in total. The van der Waals surface area contributed by atoms with Gasteiger partial charge < -0.3 is 0 Å². The van der Waals surface area contributed by atoms with Crippen LogP contribution in [0.5, 0.6) is 0 Å². The number of rotatable bonds is 2. The van der Waals surface area contributed by atoms with E-state index < -0.39 is 0 Å². The molecule has 0 N–H and O–H groups in total. The zero-order chi connectivity index (χ0) is 20.2. The van der Waals surface area contributed by atoms with Crippen molar-refractivity contribution in [2.45, 2.75) is 6.92 Å². The lowest BCUT2D eigenvalue weighted by atomic mass is 9.87. The molecular weight excluding hydrogens is 365 g/mol. The molecule has 0 aliphatic rings. The van der Waals surface area contributed by atoms with E-state index in [2.05, 4.69) is 109 Å². The molecule has 0 aliphatic carbocycles. The summed E-state index contributed by atoms with van der Waals surface area (Å²) in [4.78, 5) is 5.05. The Morgan fingerprint density at radius 3 is 2.27 bits per heavy atom. The van der Waals surface area contributed by atoms with Gasteiger partial charge in [-0.2, -0.15) is 0 Å². The predicted octanol–water partition coefficient (Wildman–Crippen LogP) is 4.67. The molecule has 0 unspecified atom stereocenters. The summed E-state index contributed by atoms with van der Waals surface area (Å²) in [5.74, 6) is 0.946. The van der Waals surface area contributed by atoms with Crippen molar-refractivity contribution in [2.75, 3.05) is 0 Å². The standard InChI is InChI=1S/C26H20BN3/c1-17-9-2-6-14-22(17)30-25-19(18-10-3-4-12-20(18)27)11-8-16-24(25)29-23-15-7-5-13-21(23)28-26(29)30/h2-16H,27H2,1H3. The molecule has 2 aromatic heterocycles. The number of aryl methyl sites for hydroxylation is 1. The predicted molar refractivity (Wildman–Crippen MR) is 128 cm³/mol. The number of aromatic nitrogens is 3. The number of para-hydroxylation sites is 4. The van der Waals surface area contributed by atoms with E-state index in [1.54, 1.807) is 0 Å². The maximum Gasteiger partial charge on any atom is 0.220 e. The Morgan fingerprint density at radius 2 is 1.40 bits per heavy atom. The van der Waals surface area contributed by atoms with Gasteiger partial charge in [0.15, 0.2) is 0 Å². The Kier molecular flexibility index (Phi) is 3.63. The van der Waals surface area contributed by atoms with E-state index in [1.165, 1.54) is 33.2 Å². The fourth-order valence-corrected chi connectivity index (χ4v) is 4.58. The SMILES string of the molecule is Bc1ccccc1-c1cccc2c1n(-c1ccccc1C)c1nc3ccccc3n21. The number of nitrogens with zero attached hydrogens (tertiary/aromatic N) is 3. The van der Waals surface area contributed by atoms with Crippen LogP contribution in [0.4, 0.5) is 0 Å². The minimum absolute atomic E-state index is 0.946. The van der Waals surface area contributed by atoms with E-state index in [1.807, 2.05) is 6.07 Å². The second-order valence-corrected chi connectivity index (χ2v) is 7.85. The number of fused-ring (bicyclic) bond motifs is 5. The van der Waals surface area contributed by atoms with E-state index in [9.17, 15) is 0 Å². The summed E-state index contributed by atoms with van der Waals surface area (Å²) in [6.45, 7) is 2.16. The molecule has 0 fully saturated rings. The molecule has 30 heavy (non-hydrogen) atoms. The molecule has 0 radical (unpaired) electrons. The van der Waals surface area contributed by atoms with Gasteiger partial charge in [0.2, 0.25) is 5.78 Å². The fourth-order valence-electron chi connectivity index (χ4n) is 4.58. The molecule has 6 aromatic rings. The van der Waals surface area contributed by atoms with Crippen molar-refractivity contribution in [3.05, 3.63) is 96.6 Å². The Hall–Kier alpha value is -3.79. The molecular formula is C26H20BN3. The summed E-state index contributed by atoms with van der Waals surface area (Å²) in [5, 5.41) is 0. The van der Waals surface area contributed by atoms with Crippen molar-refractivity contribution >= 4 is 41.2 Å². The third-order valence-electron chi connectivity index (χ3n) is 6.01. The van der Waals surface area contributed by atoms with E-state index in [0.29, 0.717) is 0 Å². The van der Waals surface area contributed by atoms with E-state index >= 15 is 0 Å². The van der Waals surface area contributed by atoms with Crippen molar-refractivity contribution in [3.63, 3.8) is 0 Å². The van der Waals surface area contributed by atoms with Gasteiger partial charge in [-0.05, 0) is 42.3 Å². The fraction of sp³-hybridized carbons (Fsp3) is 0.0385. The highest BCUT2D eigenvalue weighted by Crippen LogP contribution is 2.35. The highest BCUT2D eigenvalue weighted by Gasteiger charge is 2.21. The Balaban J connectivity index is 1.88. The van der Waals surface area contributed by atoms with Crippen LogP contribution in [-0.2, 0) is 0 Å². The second kappa shape index (κ2) is 6.36. The number of hydrogen-bond acceptors (Lipinski definition) is 1. The van der Waals surface area contributed by atoms with Crippen LogP contribution in [0.15, 0.2) is 91.0 Å². The van der Waals surface area contributed by atoms with Gasteiger partial charge in [-0.25, -0.2) is 4.98 Å². The van der Waals surface area contributed by atoms with Gasteiger partial charge in [-0.15, -0.1) is 0 Å². The number of hydrogen-bond donors (Lipinski definition) is 0. The van der Waals surface area contributed by atoms with Crippen LogP contribution in [0.3, 0.4) is 0 Å². The first-order valence-corrected chi connectivity index (χ1v) is 10.3. The van der Waals surface area contributed by atoms with Crippen molar-refractivity contribution < 1.29 is 0 Å². The molecule has 0 atom stereocenters. The van der Waals surface area contributed by atoms with E-state index in [4.69, 9.17) is 4.98 Å². The first kappa shape index (κ1) is 17.1.